The van der Waals surface area contributed by atoms with Gasteiger partial charge in [-0.2, -0.15) is 0 Å². The summed E-state index contributed by atoms with van der Waals surface area (Å²) in [6.45, 7) is 0. The van der Waals surface area contributed by atoms with E-state index in [1.165, 1.54) is 5.56 Å². The first-order valence-corrected chi connectivity index (χ1v) is 4.68. The average molecular weight is 193 g/mol. The summed E-state index contributed by atoms with van der Waals surface area (Å²) in [6, 6.07) is 9.45. The van der Waals surface area contributed by atoms with Gasteiger partial charge in [-0.05, 0) is 25.5 Å². The van der Waals surface area contributed by atoms with E-state index in [9.17, 15) is 4.79 Å². The van der Waals surface area contributed by atoms with Crippen molar-refractivity contribution in [3.8, 4) is 0 Å². The van der Waals surface area contributed by atoms with Gasteiger partial charge in [0.15, 0.2) is 0 Å². The van der Waals surface area contributed by atoms with E-state index in [1.807, 2.05) is 30.3 Å². The minimum Gasteiger partial charge on any atom is -0.480 e. The van der Waals surface area contributed by atoms with Crippen molar-refractivity contribution < 1.29 is 9.90 Å². The van der Waals surface area contributed by atoms with E-state index in [0.29, 0.717) is 6.42 Å². The summed E-state index contributed by atoms with van der Waals surface area (Å²) in [5.74, 6) is -0.788. The first kappa shape index (κ1) is 10.7. The first-order chi connectivity index (χ1) is 6.74. The second kappa shape index (κ2) is 5.40. The van der Waals surface area contributed by atoms with Gasteiger partial charge in [-0.25, -0.2) is 0 Å². The molecule has 0 saturated heterocycles. The van der Waals surface area contributed by atoms with E-state index in [0.717, 1.165) is 6.42 Å². The third kappa shape index (κ3) is 3.18. The Labute approximate surface area is 83.8 Å². The summed E-state index contributed by atoms with van der Waals surface area (Å²) >= 11 is 0. The van der Waals surface area contributed by atoms with Crippen LogP contribution in [0.3, 0.4) is 0 Å². The van der Waals surface area contributed by atoms with Crippen molar-refractivity contribution in [1.29, 1.82) is 0 Å². The van der Waals surface area contributed by atoms with E-state index >= 15 is 0 Å². The van der Waals surface area contributed by atoms with Gasteiger partial charge >= 0.3 is 5.97 Å². The minimum absolute atomic E-state index is 0.449. The fraction of sp³-hybridized carbons (Fsp3) is 0.364. The molecule has 0 aliphatic rings. The molecule has 76 valence electrons. The van der Waals surface area contributed by atoms with Gasteiger partial charge in [0.05, 0.1) is 0 Å². The lowest BCUT2D eigenvalue weighted by Gasteiger charge is -2.10. The first-order valence-electron chi connectivity index (χ1n) is 4.68. The van der Waals surface area contributed by atoms with Crippen molar-refractivity contribution in [1.82, 2.24) is 5.32 Å². The summed E-state index contributed by atoms with van der Waals surface area (Å²) < 4.78 is 0. The fourth-order valence-corrected chi connectivity index (χ4v) is 1.35. The van der Waals surface area contributed by atoms with E-state index in [2.05, 4.69) is 5.32 Å². The summed E-state index contributed by atoms with van der Waals surface area (Å²) in [5, 5.41) is 11.6. The molecule has 0 spiro atoms. The maximum Gasteiger partial charge on any atom is 0.320 e. The molecule has 3 nitrogen and oxygen atoms in total. The summed E-state index contributed by atoms with van der Waals surface area (Å²) in [7, 11) is 1.67. The van der Waals surface area contributed by atoms with Crippen LogP contribution in [-0.2, 0) is 11.2 Å². The number of rotatable bonds is 5. The molecule has 0 aliphatic heterocycles. The molecular weight excluding hydrogens is 178 g/mol. The topological polar surface area (TPSA) is 49.3 Å². The SMILES string of the molecule is CNC(CCc1ccccc1)C(=O)O. The number of nitrogens with one attached hydrogen (secondary N) is 1. The minimum atomic E-state index is -0.788. The Balaban J connectivity index is 2.44. The van der Waals surface area contributed by atoms with Gasteiger partial charge in [-0.3, -0.25) is 4.79 Å². The third-order valence-corrected chi connectivity index (χ3v) is 2.21. The molecule has 0 radical (unpaired) electrons. The van der Waals surface area contributed by atoms with Crippen molar-refractivity contribution in [3.63, 3.8) is 0 Å². The molecule has 1 aromatic carbocycles. The number of likely N-dealkylation sites (N-methyl/N-ethyl adjacent to an activating group) is 1. The lowest BCUT2D eigenvalue weighted by atomic mass is 10.1. The van der Waals surface area contributed by atoms with Crippen LogP contribution in [0.5, 0.6) is 0 Å². The predicted molar refractivity (Wildman–Crippen MR) is 55.2 cm³/mol. The van der Waals surface area contributed by atoms with Crippen molar-refractivity contribution in [2.75, 3.05) is 7.05 Å². The summed E-state index contributed by atoms with van der Waals surface area (Å²) in [4.78, 5) is 10.7. The Morgan fingerprint density at radius 3 is 2.57 bits per heavy atom. The Kier molecular flexibility index (Phi) is 4.13. The highest BCUT2D eigenvalue weighted by Crippen LogP contribution is 2.04. The van der Waals surface area contributed by atoms with Gasteiger partial charge in [0.2, 0.25) is 0 Å². The quantitative estimate of drug-likeness (QED) is 0.741. The van der Waals surface area contributed by atoms with E-state index in [4.69, 9.17) is 5.11 Å². The molecule has 0 amide bonds. The zero-order valence-corrected chi connectivity index (χ0v) is 8.23. The number of benzene rings is 1. The van der Waals surface area contributed by atoms with Crippen molar-refractivity contribution >= 4 is 5.97 Å². The highest BCUT2D eigenvalue weighted by Gasteiger charge is 2.13. The number of hydrogen-bond acceptors (Lipinski definition) is 2. The van der Waals surface area contributed by atoms with Crippen LogP contribution in [0.1, 0.15) is 12.0 Å². The third-order valence-electron chi connectivity index (χ3n) is 2.21. The zero-order valence-electron chi connectivity index (χ0n) is 8.23. The lowest BCUT2D eigenvalue weighted by Crippen LogP contribution is -2.34. The van der Waals surface area contributed by atoms with Crippen LogP contribution in [0.4, 0.5) is 0 Å². The number of carboxylic acid groups (broad SMARTS) is 1. The number of carbonyl (C=O) groups is 1. The fourth-order valence-electron chi connectivity index (χ4n) is 1.35. The van der Waals surface area contributed by atoms with E-state index in [1.54, 1.807) is 7.05 Å². The van der Waals surface area contributed by atoms with Crippen LogP contribution in [0.25, 0.3) is 0 Å². The van der Waals surface area contributed by atoms with Crippen LogP contribution >= 0.6 is 0 Å². The molecule has 3 heteroatoms. The second-order valence-electron chi connectivity index (χ2n) is 3.20. The smallest absolute Gasteiger partial charge is 0.320 e. The molecule has 0 aliphatic carbocycles. The molecule has 0 saturated carbocycles. The Hall–Kier alpha value is -1.35. The molecule has 0 bridgehead atoms. The van der Waals surface area contributed by atoms with Gasteiger partial charge in [0.1, 0.15) is 6.04 Å². The van der Waals surface area contributed by atoms with Gasteiger partial charge in [-0.1, -0.05) is 30.3 Å². The molecule has 1 rings (SSSR count). The molecular formula is C11H15NO2. The second-order valence-corrected chi connectivity index (χ2v) is 3.20. The van der Waals surface area contributed by atoms with E-state index in [-0.39, 0.29) is 0 Å². The molecule has 0 aromatic heterocycles. The van der Waals surface area contributed by atoms with Gasteiger partial charge < -0.3 is 10.4 Å². The lowest BCUT2D eigenvalue weighted by molar-refractivity contribution is -0.139. The summed E-state index contributed by atoms with van der Waals surface area (Å²) in [6.07, 6.45) is 1.41. The van der Waals surface area contributed by atoms with Crippen molar-refractivity contribution in [2.45, 2.75) is 18.9 Å². The van der Waals surface area contributed by atoms with Gasteiger partial charge in [-0.15, -0.1) is 0 Å². The van der Waals surface area contributed by atoms with Crippen LogP contribution < -0.4 is 5.32 Å². The molecule has 1 atom stereocenters. The van der Waals surface area contributed by atoms with Crippen LogP contribution in [0, 0.1) is 0 Å². The molecule has 2 N–H and O–H groups in total. The van der Waals surface area contributed by atoms with Crippen LogP contribution in [0.2, 0.25) is 0 Å². The molecule has 14 heavy (non-hydrogen) atoms. The van der Waals surface area contributed by atoms with Crippen LogP contribution in [0.15, 0.2) is 30.3 Å². The molecule has 0 heterocycles. The van der Waals surface area contributed by atoms with E-state index < -0.39 is 12.0 Å². The standard InChI is InChI=1S/C11H15NO2/c1-12-10(11(13)14)8-7-9-5-3-2-4-6-9/h2-6,10,12H,7-8H2,1H3,(H,13,14). The van der Waals surface area contributed by atoms with Gasteiger partial charge in [0, 0.05) is 0 Å². The predicted octanol–water partition coefficient (Wildman–Crippen LogP) is 1.29. The Morgan fingerprint density at radius 2 is 2.07 bits per heavy atom. The zero-order chi connectivity index (χ0) is 10.4. The highest BCUT2D eigenvalue weighted by molar-refractivity contribution is 5.73. The summed E-state index contributed by atoms with van der Waals surface area (Å²) in [5.41, 5.74) is 1.18. The largest absolute Gasteiger partial charge is 0.480 e. The number of carboxylic acids is 1. The van der Waals surface area contributed by atoms with Gasteiger partial charge in [0.25, 0.3) is 0 Å². The number of aryl methyl sites for hydroxylation is 1. The maximum absolute atomic E-state index is 10.7. The molecule has 0 fully saturated rings. The van der Waals surface area contributed by atoms with Crippen molar-refractivity contribution in [3.05, 3.63) is 35.9 Å². The normalized spacial score (nSPS) is 12.4. The average Bonchev–Trinajstić information content (AvgIpc) is 2.20. The highest BCUT2D eigenvalue weighted by atomic mass is 16.4. The monoisotopic (exact) mass is 193 g/mol. The Morgan fingerprint density at radius 1 is 1.43 bits per heavy atom. The molecule has 1 aromatic rings. The number of hydrogen-bond donors (Lipinski definition) is 2. The Bertz CT molecular complexity index is 285. The van der Waals surface area contributed by atoms with Crippen LogP contribution in [-0.4, -0.2) is 24.2 Å². The number of aliphatic carboxylic acids is 1. The molecule has 1 unspecified atom stereocenters. The van der Waals surface area contributed by atoms with Crippen molar-refractivity contribution in [2.24, 2.45) is 0 Å². The maximum atomic E-state index is 10.7.